The van der Waals surface area contributed by atoms with Crippen molar-refractivity contribution < 1.29 is 11.0 Å². The van der Waals surface area contributed by atoms with Gasteiger partial charge in [-0.15, -0.1) is 0 Å². The van der Waals surface area contributed by atoms with Gasteiger partial charge in [-0.05, 0) is 155 Å². The summed E-state index contributed by atoms with van der Waals surface area (Å²) in [4.78, 5) is 1.36. The third-order valence-electron chi connectivity index (χ3n) is 11.8. The largest absolute Gasteiger partial charge is 0.311 e. The lowest BCUT2D eigenvalue weighted by molar-refractivity contribution is 1.28. The van der Waals surface area contributed by atoms with Gasteiger partial charge in [-0.25, -0.2) is 0 Å². The van der Waals surface area contributed by atoms with Crippen molar-refractivity contribution in [2.75, 3.05) is 4.90 Å². The second-order valence-corrected chi connectivity index (χ2v) is 15.9. The van der Waals surface area contributed by atoms with Crippen LogP contribution >= 0.6 is 0 Å². The molecule has 0 amide bonds. The Bertz CT molecular complexity index is 3750. The zero-order valence-corrected chi connectivity index (χ0v) is 35.3. The maximum Gasteiger partial charge on any atom is 0.0645 e. The summed E-state index contributed by atoms with van der Waals surface area (Å²) in [6.45, 7) is 0. The quantitative estimate of drug-likeness (QED) is 0.133. The van der Waals surface area contributed by atoms with Crippen molar-refractivity contribution in [3.63, 3.8) is 0 Å². The Hall–Kier alpha value is -8.52. The minimum Gasteiger partial charge on any atom is -0.311 e. The van der Waals surface area contributed by atoms with Gasteiger partial charge in [0.25, 0.3) is 0 Å². The normalized spacial score (nSPS) is 12.8. The SMILES string of the molecule is [2H]c1c([2H])c(N(c2ccc(-c3ccc(-c4ccccc4)cc3)cc2)c2c([2H])c([2H])c(-c3cc(-c4ccccc4)cc(-c4ccccc4)c3)c([2H])c2[2H])c([2H])c([2H])c1-c1cccc(-c2ccc3ccccc3c2)c1. The van der Waals surface area contributed by atoms with Gasteiger partial charge in [-0.1, -0.05) is 206 Å². The fourth-order valence-electron chi connectivity index (χ4n) is 8.37. The van der Waals surface area contributed by atoms with E-state index in [0.717, 1.165) is 66.4 Å². The lowest BCUT2D eigenvalue weighted by atomic mass is 9.93. The summed E-state index contributed by atoms with van der Waals surface area (Å²) >= 11 is 0. The van der Waals surface area contributed by atoms with Crippen LogP contribution < -0.4 is 4.90 Å². The molecule has 1 heteroatoms. The first-order chi connectivity index (χ1) is 35.5. The highest BCUT2D eigenvalue weighted by Gasteiger charge is 2.15. The van der Waals surface area contributed by atoms with Crippen LogP contribution in [0.25, 0.3) is 88.7 Å². The predicted molar refractivity (Wildman–Crippen MR) is 277 cm³/mol. The molecule has 11 aromatic rings. The molecule has 0 N–H and O–H groups in total. The molecule has 306 valence electrons. The van der Waals surface area contributed by atoms with E-state index in [1.54, 1.807) is 18.2 Å². The Morgan fingerprint density at radius 3 is 1.03 bits per heavy atom. The minimum atomic E-state index is -0.410. The molecule has 11 aromatic carbocycles. The Balaban J connectivity index is 1.08. The lowest BCUT2D eigenvalue weighted by Crippen LogP contribution is -2.09. The third-order valence-corrected chi connectivity index (χ3v) is 11.8. The molecule has 0 saturated carbocycles. The van der Waals surface area contributed by atoms with Gasteiger partial charge in [-0.3, -0.25) is 0 Å². The molecule has 0 aliphatic rings. The highest BCUT2D eigenvalue weighted by atomic mass is 15.1. The van der Waals surface area contributed by atoms with Crippen LogP contribution in [0.15, 0.2) is 273 Å². The molecule has 0 radical (unpaired) electrons. The van der Waals surface area contributed by atoms with E-state index >= 15 is 0 Å². The molecule has 0 bridgehead atoms. The average Bonchev–Trinajstić information content (AvgIpc) is 3.44. The highest BCUT2D eigenvalue weighted by Crippen LogP contribution is 2.40. The molecule has 65 heavy (non-hydrogen) atoms. The molecule has 0 aliphatic carbocycles. The van der Waals surface area contributed by atoms with E-state index in [4.69, 9.17) is 0 Å². The Morgan fingerprint density at radius 1 is 0.200 bits per heavy atom. The third kappa shape index (κ3) is 8.40. The van der Waals surface area contributed by atoms with E-state index in [9.17, 15) is 11.0 Å². The van der Waals surface area contributed by atoms with Gasteiger partial charge < -0.3 is 4.90 Å². The summed E-state index contributed by atoms with van der Waals surface area (Å²) in [6, 6.07) is 69.7. The van der Waals surface area contributed by atoms with Crippen LogP contribution in [0.3, 0.4) is 0 Å². The van der Waals surface area contributed by atoms with Gasteiger partial charge in [0.15, 0.2) is 0 Å². The van der Waals surface area contributed by atoms with Crippen LogP contribution in [0.5, 0.6) is 0 Å². The van der Waals surface area contributed by atoms with Crippen LogP contribution in [0, 0.1) is 0 Å². The van der Waals surface area contributed by atoms with Crippen molar-refractivity contribution in [1.29, 1.82) is 0 Å². The maximum atomic E-state index is 9.79. The number of nitrogens with zero attached hydrogens (tertiary/aromatic N) is 1. The number of benzene rings is 11. The van der Waals surface area contributed by atoms with Crippen molar-refractivity contribution in [1.82, 2.24) is 0 Å². The fourth-order valence-corrected chi connectivity index (χ4v) is 8.37. The molecule has 11 rings (SSSR count). The number of fused-ring (bicyclic) bond motifs is 1. The van der Waals surface area contributed by atoms with Gasteiger partial charge in [0, 0.05) is 17.1 Å². The first-order valence-electron chi connectivity index (χ1n) is 25.7. The zero-order valence-electron chi connectivity index (χ0n) is 43.3. The summed E-state index contributed by atoms with van der Waals surface area (Å²) in [5.41, 5.74) is 10.3. The van der Waals surface area contributed by atoms with E-state index < -0.39 is 24.2 Å². The minimum absolute atomic E-state index is 0.0872. The van der Waals surface area contributed by atoms with Crippen LogP contribution in [0.4, 0.5) is 17.1 Å². The molecule has 1 nitrogen and oxygen atoms in total. The van der Waals surface area contributed by atoms with Gasteiger partial charge in [-0.2, -0.15) is 0 Å². The zero-order chi connectivity index (χ0) is 50.3. The molecule has 0 atom stereocenters. The summed E-state index contributed by atoms with van der Waals surface area (Å²) in [5.74, 6) is 0. The molecule has 0 unspecified atom stereocenters. The summed E-state index contributed by atoms with van der Waals surface area (Å²) in [5, 5.41) is 2.16. The van der Waals surface area contributed by atoms with E-state index in [2.05, 4.69) is 30.3 Å². The number of anilines is 3. The van der Waals surface area contributed by atoms with E-state index in [1.807, 2.05) is 176 Å². The number of hydrogen-bond donors (Lipinski definition) is 0. The molecule has 0 heterocycles. The second-order valence-electron chi connectivity index (χ2n) is 15.9. The summed E-state index contributed by atoms with van der Waals surface area (Å²) in [7, 11) is 0. The van der Waals surface area contributed by atoms with E-state index in [0.29, 0.717) is 16.8 Å². The number of hydrogen-bond acceptors (Lipinski definition) is 1. The standard InChI is InChI=1S/C64H45N/c1-4-13-46(14-5-1)50-23-25-51(26-24-50)52-29-35-62(36-30-52)65(63-37-31-53(32-38-63)56-21-12-22-57(41-56)58-28-27-49-19-10-11-20-55(49)42-58)64-39-33-54(34-40-64)61-44-59(47-15-6-2-7-16-47)43-60(45-61)48-17-8-3-9-18-48/h1-45H/i31D,32D,33D,34D,37D,38D,39D,40D. The van der Waals surface area contributed by atoms with Crippen LogP contribution in [0.1, 0.15) is 11.0 Å². The van der Waals surface area contributed by atoms with Gasteiger partial charge in [0.05, 0.1) is 11.0 Å². The molecule has 0 fully saturated rings. The van der Waals surface area contributed by atoms with Gasteiger partial charge >= 0.3 is 0 Å². The highest BCUT2D eigenvalue weighted by molar-refractivity contribution is 5.89. The van der Waals surface area contributed by atoms with E-state index in [-0.39, 0.29) is 46.7 Å². The topological polar surface area (TPSA) is 3.24 Å². The predicted octanol–water partition coefficient (Wildman–Crippen LogP) is 18.0. The van der Waals surface area contributed by atoms with Gasteiger partial charge in [0.2, 0.25) is 0 Å². The fraction of sp³-hybridized carbons (Fsp3) is 0. The monoisotopic (exact) mass is 835 g/mol. The first-order valence-corrected chi connectivity index (χ1v) is 21.7. The first kappa shape index (κ1) is 31.3. The van der Waals surface area contributed by atoms with Crippen molar-refractivity contribution >= 4 is 27.8 Å². The van der Waals surface area contributed by atoms with Gasteiger partial charge in [0.1, 0.15) is 0 Å². The Morgan fingerprint density at radius 2 is 0.523 bits per heavy atom. The summed E-state index contributed by atoms with van der Waals surface area (Å²) < 4.78 is 77.5. The van der Waals surface area contributed by atoms with Crippen LogP contribution in [0.2, 0.25) is 0 Å². The Labute approximate surface area is 393 Å². The molecular formula is C64H45N. The van der Waals surface area contributed by atoms with Crippen molar-refractivity contribution in [3.05, 3.63) is 273 Å². The molecule has 0 aromatic heterocycles. The van der Waals surface area contributed by atoms with Crippen molar-refractivity contribution in [2.45, 2.75) is 0 Å². The maximum absolute atomic E-state index is 9.79. The second kappa shape index (κ2) is 17.7. The molecular weight excluding hydrogens is 783 g/mol. The Kier molecular flexibility index (Phi) is 8.53. The van der Waals surface area contributed by atoms with Crippen LogP contribution in [-0.2, 0) is 0 Å². The molecule has 0 aliphatic heterocycles. The molecule has 0 saturated heterocycles. The molecule has 0 spiro atoms. The summed E-state index contributed by atoms with van der Waals surface area (Å²) in [6.07, 6.45) is 0. The van der Waals surface area contributed by atoms with Crippen molar-refractivity contribution in [3.8, 4) is 77.9 Å². The average molecular weight is 836 g/mol. The lowest BCUT2D eigenvalue weighted by Gasteiger charge is -2.26. The van der Waals surface area contributed by atoms with Crippen molar-refractivity contribution in [2.24, 2.45) is 0 Å². The van der Waals surface area contributed by atoms with Crippen LogP contribution in [-0.4, -0.2) is 0 Å². The van der Waals surface area contributed by atoms with E-state index in [1.165, 1.54) is 4.90 Å². The number of rotatable bonds is 10. The smallest absolute Gasteiger partial charge is 0.0645 e.